The summed E-state index contributed by atoms with van der Waals surface area (Å²) in [6.07, 6.45) is 5.66. The maximum absolute atomic E-state index is 12.2. The third kappa shape index (κ3) is 3.08. The molecule has 2 heterocycles. The first-order valence-electron chi connectivity index (χ1n) is 7.93. The fourth-order valence-corrected chi connectivity index (χ4v) is 3.60. The van der Waals surface area contributed by atoms with Crippen LogP contribution in [0.25, 0.3) is 0 Å². The van der Waals surface area contributed by atoms with E-state index in [1.807, 2.05) is 0 Å². The van der Waals surface area contributed by atoms with Crippen LogP contribution < -0.4 is 5.56 Å². The van der Waals surface area contributed by atoms with E-state index in [1.54, 1.807) is 16.8 Å². The molecule has 1 saturated carbocycles. The van der Waals surface area contributed by atoms with Crippen molar-refractivity contribution in [3.63, 3.8) is 0 Å². The molecule has 2 aliphatic rings. The summed E-state index contributed by atoms with van der Waals surface area (Å²) < 4.78 is 7.00. The minimum absolute atomic E-state index is 0.115. The summed E-state index contributed by atoms with van der Waals surface area (Å²) in [4.78, 5) is 25.8. The van der Waals surface area contributed by atoms with E-state index >= 15 is 0 Å². The van der Waals surface area contributed by atoms with E-state index < -0.39 is 5.97 Å². The van der Waals surface area contributed by atoms with Gasteiger partial charge in [0.15, 0.2) is 0 Å². The third-order valence-electron chi connectivity index (χ3n) is 4.83. The molecule has 0 bridgehead atoms. The fourth-order valence-electron chi connectivity index (χ4n) is 3.60. The highest BCUT2D eigenvalue weighted by atomic mass is 16.5. The van der Waals surface area contributed by atoms with Crippen molar-refractivity contribution in [3.8, 4) is 0 Å². The van der Waals surface area contributed by atoms with Crippen LogP contribution in [-0.2, 0) is 4.74 Å². The van der Waals surface area contributed by atoms with Gasteiger partial charge in [-0.05, 0) is 37.8 Å². The average Bonchev–Trinajstić information content (AvgIpc) is 2.56. The van der Waals surface area contributed by atoms with Crippen LogP contribution in [0.5, 0.6) is 0 Å². The molecule has 6 nitrogen and oxygen atoms in total. The van der Waals surface area contributed by atoms with E-state index in [2.05, 4.69) is 4.90 Å². The van der Waals surface area contributed by atoms with Crippen LogP contribution in [0.3, 0.4) is 0 Å². The molecule has 6 heteroatoms. The highest BCUT2D eigenvalue weighted by molar-refractivity contribution is 5.86. The Hall–Kier alpha value is -1.66. The Bertz CT molecular complexity index is 584. The van der Waals surface area contributed by atoms with E-state index in [0.717, 1.165) is 52.0 Å². The van der Waals surface area contributed by atoms with Gasteiger partial charge in [0.05, 0.1) is 13.2 Å². The summed E-state index contributed by atoms with van der Waals surface area (Å²) in [5, 5.41) is 9.07. The minimum Gasteiger partial charge on any atom is -0.477 e. The summed E-state index contributed by atoms with van der Waals surface area (Å²) in [5.74, 6) is -1.15. The summed E-state index contributed by atoms with van der Waals surface area (Å²) >= 11 is 0. The molecule has 2 fully saturated rings. The van der Waals surface area contributed by atoms with Crippen molar-refractivity contribution in [1.82, 2.24) is 9.47 Å². The van der Waals surface area contributed by atoms with E-state index in [4.69, 9.17) is 9.84 Å². The maximum Gasteiger partial charge on any atom is 0.341 e. The minimum atomic E-state index is -1.15. The Morgan fingerprint density at radius 2 is 1.77 bits per heavy atom. The van der Waals surface area contributed by atoms with Crippen molar-refractivity contribution >= 4 is 5.97 Å². The molecule has 0 atom stereocenters. The Labute approximate surface area is 129 Å². The molecule has 1 aliphatic carbocycles. The molecule has 0 unspecified atom stereocenters. The first-order chi connectivity index (χ1) is 10.7. The molecule has 0 aromatic carbocycles. The molecule has 0 radical (unpaired) electrons. The molecular weight excluding hydrogens is 284 g/mol. The zero-order chi connectivity index (χ0) is 15.5. The number of pyridine rings is 1. The van der Waals surface area contributed by atoms with Gasteiger partial charge in [0.2, 0.25) is 0 Å². The lowest BCUT2D eigenvalue weighted by molar-refractivity contribution is 0.00534. The van der Waals surface area contributed by atoms with Crippen LogP contribution >= 0.6 is 0 Å². The van der Waals surface area contributed by atoms with Gasteiger partial charge in [0.1, 0.15) is 5.56 Å². The van der Waals surface area contributed by atoms with Gasteiger partial charge in [-0.15, -0.1) is 0 Å². The normalized spacial score (nSPS) is 26.7. The standard InChI is InChI=1S/C16H22N2O4/c19-15-14(16(20)21)2-1-7-18(15)13-5-3-12(4-6-13)17-8-10-22-11-9-17/h1-2,7,12-13H,3-6,8-11H2,(H,20,21). The van der Waals surface area contributed by atoms with Gasteiger partial charge < -0.3 is 14.4 Å². The van der Waals surface area contributed by atoms with Crippen LogP contribution in [0.15, 0.2) is 23.1 Å². The summed E-state index contributed by atoms with van der Waals surface area (Å²) in [5.41, 5.74) is -0.525. The zero-order valence-electron chi connectivity index (χ0n) is 12.6. The van der Waals surface area contributed by atoms with Crippen LogP contribution in [0.4, 0.5) is 0 Å². The van der Waals surface area contributed by atoms with Gasteiger partial charge in [0.25, 0.3) is 5.56 Å². The summed E-state index contributed by atoms with van der Waals surface area (Å²) in [7, 11) is 0. The molecule has 1 N–H and O–H groups in total. The number of carboxylic acids is 1. The van der Waals surface area contributed by atoms with Gasteiger partial charge in [-0.1, -0.05) is 0 Å². The van der Waals surface area contributed by atoms with Crippen molar-refractivity contribution in [2.24, 2.45) is 0 Å². The van der Waals surface area contributed by atoms with Crippen molar-refractivity contribution in [1.29, 1.82) is 0 Å². The van der Waals surface area contributed by atoms with E-state index in [1.165, 1.54) is 6.07 Å². The van der Waals surface area contributed by atoms with Gasteiger partial charge >= 0.3 is 5.97 Å². The van der Waals surface area contributed by atoms with Crippen molar-refractivity contribution in [3.05, 3.63) is 34.2 Å². The fraction of sp³-hybridized carbons (Fsp3) is 0.625. The Morgan fingerprint density at radius 1 is 1.14 bits per heavy atom. The SMILES string of the molecule is O=C(O)c1cccn(C2CCC(N3CCOCC3)CC2)c1=O. The number of carbonyl (C=O) groups is 1. The quantitative estimate of drug-likeness (QED) is 0.913. The Kier molecular flexibility index (Phi) is 4.59. The number of carboxylic acid groups (broad SMARTS) is 1. The number of hydrogen-bond donors (Lipinski definition) is 1. The smallest absolute Gasteiger partial charge is 0.341 e. The zero-order valence-corrected chi connectivity index (χ0v) is 12.6. The molecule has 0 amide bonds. The van der Waals surface area contributed by atoms with Crippen molar-refractivity contribution < 1.29 is 14.6 Å². The molecular formula is C16H22N2O4. The lowest BCUT2D eigenvalue weighted by Crippen LogP contribution is -2.45. The van der Waals surface area contributed by atoms with Crippen molar-refractivity contribution in [2.45, 2.75) is 37.8 Å². The van der Waals surface area contributed by atoms with Gasteiger partial charge in [0, 0.05) is 31.4 Å². The molecule has 22 heavy (non-hydrogen) atoms. The van der Waals surface area contributed by atoms with Crippen molar-refractivity contribution in [2.75, 3.05) is 26.3 Å². The number of morpholine rings is 1. The van der Waals surface area contributed by atoms with Gasteiger partial charge in [-0.25, -0.2) is 4.79 Å². The molecule has 1 aromatic heterocycles. The van der Waals surface area contributed by atoms with Gasteiger partial charge in [-0.3, -0.25) is 9.69 Å². The first kappa shape index (κ1) is 15.2. The monoisotopic (exact) mass is 306 g/mol. The van der Waals surface area contributed by atoms with Crippen LogP contribution in [0.1, 0.15) is 42.1 Å². The number of aromatic carboxylic acids is 1. The second-order valence-electron chi connectivity index (χ2n) is 6.05. The molecule has 1 aromatic rings. The molecule has 1 saturated heterocycles. The summed E-state index contributed by atoms with van der Waals surface area (Å²) in [6.45, 7) is 3.59. The topological polar surface area (TPSA) is 71.8 Å². The largest absolute Gasteiger partial charge is 0.477 e. The lowest BCUT2D eigenvalue weighted by Gasteiger charge is -2.39. The Balaban J connectivity index is 1.67. The molecule has 3 rings (SSSR count). The van der Waals surface area contributed by atoms with Gasteiger partial charge in [-0.2, -0.15) is 0 Å². The maximum atomic E-state index is 12.2. The van der Waals surface area contributed by atoms with Crippen LogP contribution in [0.2, 0.25) is 0 Å². The second kappa shape index (κ2) is 6.62. The predicted octanol–water partition coefficient (Wildman–Crippen LogP) is 1.36. The van der Waals surface area contributed by atoms with E-state index in [-0.39, 0.29) is 17.2 Å². The van der Waals surface area contributed by atoms with Crippen LogP contribution in [-0.4, -0.2) is 52.9 Å². The van der Waals surface area contributed by atoms with E-state index in [9.17, 15) is 9.59 Å². The predicted molar refractivity (Wildman–Crippen MR) is 81.3 cm³/mol. The Morgan fingerprint density at radius 3 is 2.41 bits per heavy atom. The number of rotatable bonds is 3. The first-order valence-corrected chi connectivity index (χ1v) is 7.93. The van der Waals surface area contributed by atoms with Crippen LogP contribution in [0, 0.1) is 0 Å². The third-order valence-corrected chi connectivity index (χ3v) is 4.83. The molecule has 0 spiro atoms. The number of nitrogens with zero attached hydrogens (tertiary/aromatic N) is 2. The lowest BCUT2D eigenvalue weighted by atomic mass is 9.89. The highest BCUT2D eigenvalue weighted by Crippen LogP contribution is 2.30. The average molecular weight is 306 g/mol. The van der Waals surface area contributed by atoms with E-state index in [0.29, 0.717) is 6.04 Å². The molecule has 1 aliphatic heterocycles. The highest BCUT2D eigenvalue weighted by Gasteiger charge is 2.28. The molecule has 120 valence electrons. The number of hydrogen-bond acceptors (Lipinski definition) is 4. The number of ether oxygens (including phenoxy) is 1. The number of aromatic nitrogens is 1. The summed E-state index contributed by atoms with van der Waals surface area (Å²) in [6, 6.07) is 3.71. The second-order valence-corrected chi connectivity index (χ2v) is 6.05.